The smallest absolute Gasteiger partial charge is 0.417 e. The number of para-hydroxylation sites is 1. The van der Waals surface area contributed by atoms with Gasteiger partial charge >= 0.3 is 12.1 Å². The summed E-state index contributed by atoms with van der Waals surface area (Å²) in [5.74, 6) is -0.868. The third-order valence-electron chi connectivity index (χ3n) is 4.32. The van der Waals surface area contributed by atoms with Gasteiger partial charge in [0.05, 0.1) is 18.2 Å². The molecule has 6 nitrogen and oxygen atoms in total. The Bertz CT molecular complexity index is 612. The first-order valence-electron chi connectivity index (χ1n) is 6.75. The Morgan fingerprint density at radius 3 is 2.71 bits per heavy atom. The van der Waals surface area contributed by atoms with E-state index in [1.807, 2.05) is 12.1 Å². The van der Waals surface area contributed by atoms with E-state index in [0.29, 0.717) is 5.69 Å². The number of amides is 1. The third-order valence-corrected chi connectivity index (χ3v) is 4.32. The van der Waals surface area contributed by atoms with Gasteiger partial charge in [-0.1, -0.05) is 18.2 Å². The summed E-state index contributed by atoms with van der Waals surface area (Å²) in [6.45, 7) is 3.48. The van der Waals surface area contributed by atoms with Crippen LogP contribution in [0.3, 0.4) is 0 Å². The summed E-state index contributed by atoms with van der Waals surface area (Å²) >= 11 is 0. The van der Waals surface area contributed by atoms with Crippen molar-refractivity contribution in [1.29, 1.82) is 0 Å². The molecule has 1 aromatic carbocycles. The number of anilines is 1. The van der Waals surface area contributed by atoms with Gasteiger partial charge < -0.3 is 14.6 Å². The van der Waals surface area contributed by atoms with Gasteiger partial charge in [0.1, 0.15) is 6.10 Å². The number of hydrogen-bond acceptors (Lipinski definition) is 5. The number of ether oxygens (including phenoxy) is 2. The minimum Gasteiger partial charge on any atom is -0.452 e. The molecule has 1 saturated heterocycles. The van der Waals surface area contributed by atoms with Gasteiger partial charge in [-0.3, -0.25) is 4.79 Å². The maximum Gasteiger partial charge on any atom is 0.417 e. The number of hydrogen-bond donors (Lipinski definition) is 1. The van der Waals surface area contributed by atoms with Gasteiger partial charge in [0, 0.05) is 5.92 Å². The Labute approximate surface area is 122 Å². The zero-order valence-corrected chi connectivity index (χ0v) is 12.1. The van der Waals surface area contributed by atoms with Gasteiger partial charge in [0.2, 0.25) is 6.23 Å². The molecule has 0 aliphatic carbocycles. The number of fused-ring (bicyclic) bond motifs is 4. The summed E-state index contributed by atoms with van der Waals surface area (Å²) in [6, 6.07) is 7.18. The second kappa shape index (κ2) is 4.46. The summed E-state index contributed by atoms with van der Waals surface area (Å²) in [6.07, 6.45) is -2.72. The summed E-state index contributed by atoms with van der Waals surface area (Å²) in [4.78, 5) is 25.5. The second-order valence-electron chi connectivity index (χ2n) is 5.88. The first-order valence-corrected chi connectivity index (χ1v) is 6.75. The minimum atomic E-state index is -1.06. The topological polar surface area (TPSA) is 76.1 Å². The number of carbonyl (C=O) groups is 2. The number of methoxy groups -OCH3 is 1. The van der Waals surface area contributed by atoms with Crippen molar-refractivity contribution in [1.82, 2.24) is 0 Å². The van der Waals surface area contributed by atoms with Crippen LogP contribution in [0.4, 0.5) is 10.5 Å². The van der Waals surface area contributed by atoms with Crippen molar-refractivity contribution >= 4 is 17.7 Å². The highest BCUT2D eigenvalue weighted by atomic mass is 16.6. The molecule has 112 valence electrons. The van der Waals surface area contributed by atoms with Crippen molar-refractivity contribution in [2.24, 2.45) is 5.41 Å². The Morgan fingerprint density at radius 2 is 2.05 bits per heavy atom. The highest BCUT2D eigenvalue weighted by Gasteiger charge is 2.58. The zero-order valence-electron chi connectivity index (χ0n) is 12.1. The van der Waals surface area contributed by atoms with Gasteiger partial charge in [-0.25, -0.2) is 9.69 Å². The largest absolute Gasteiger partial charge is 0.452 e. The van der Waals surface area contributed by atoms with Crippen LogP contribution in [-0.4, -0.2) is 36.6 Å². The van der Waals surface area contributed by atoms with E-state index in [1.165, 1.54) is 12.0 Å². The molecular formula is C15H17NO5. The lowest BCUT2D eigenvalue weighted by molar-refractivity contribution is -0.186. The molecule has 2 heterocycles. The molecule has 1 N–H and O–H groups in total. The molecule has 0 saturated carbocycles. The van der Waals surface area contributed by atoms with Crippen LogP contribution < -0.4 is 4.90 Å². The standard InChI is InChI=1S/C15H17NO5/c1-15(2)10-8-6-4-5-7-9(8)16(14(19)20-3)12(11(10)17)21-13(15)18/h4-7,10-12,17H,1-3H3/t10-,11?,12-/m1/s1. The number of nitrogens with zero attached hydrogens (tertiary/aromatic N) is 1. The van der Waals surface area contributed by atoms with E-state index >= 15 is 0 Å². The van der Waals surface area contributed by atoms with Crippen LogP contribution in [0.15, 0.2) is 24.3 Å². The van der Waals surface area contributed by atoms with Crippen LogP contribution in [0.25, 0.3) is 0 Å². The molecule has 1 aromatic rings. The molecule has 3 rings (SSSR count). The molecule has 0 aromatic heterocycles. The maximum absolute atomic E-state index is 12.2. The highest BCUT2D eigenvalue weighted by molar-refractivity contribution is 5.92. The molecule has 0 spiro atoms. The predicted octanol–water partition coefficient (Wildman–Crippen LogP) is 1.63. The summed E-state index contributed by atoms with van der Waals surface area (Å²) in [7, 11) is 1.25. The first-order chi connectivity index (χ1) is 9.89. The Morgan fingerprint density at radius 1 is 1.38 bits per heavy atom. The predicted molar refractivity (Wildman–Crippen MR) is 73.7 cm³/mol. The molecule has 1 fully saturated rings. The van der Waals surface area contributed by atoms with Crippen molar-refractivity contribution < 1.29 is 24.2 Å². The fourth-order valence-electron chi connectivity index (χ4n) is 3.24. The molecule has 3 atom stereocenters. The fraction of sp³-hybridized carbons (Fsp3) is 0.467. The van der Waals surface area contributed by atoms with Crippen molar-refractivity contribution in [3.05, 3.63) is 29.8 Å². The van der Waals surface area contributed by atoms with E-state index in [4.69, 9.17) is 9.47 Å². The van der Waals surface area contributed by atoms with E-state index in [1.54, 1.807) is 26.0 Å². The van der Waals surface area contributed by atoms with E-state index in [2.05, 4.69) is 0 Å². The lowest BCUT2D eigenvalue weighted by Gasteiger charge is -2.51. The summed E-state index contributed by atoms with van der Waals surface area (Å²) in [5, 5.41) is 10.6. The van der Waals surface area contributed by atoms with Crippen molar-refractivity contribution in [2.45, 2.75) is 32.1 Å². The van der Waals surface area contributed by atoms with Gasteiger partial charge in [0.15, 0.2) is 0 Å². The molecule has 0 radical (unpaired) electrons. The number of aliphatic hydroxyl groups is 1. The first kappa shape index (κ1) is 13.9. The quantitative estimate of drug-likeness (QED) is 0.735. The number of aliphatic hydroxyl groups excluding tert-OH is 1. The van der Waals surface area contributed by atoms with Crippen LogP contribution in [0.1, 0.15) is 25.3 Å². The SMILES string of the molecule is COC(=O)N1c2ccccc2[C@@H]2C(O)[C@H]1OC(=O)C2(C)C. The van der Waals surface area contributed by atoms with Crippen LogP contribution in [0.5, 0.6) is 0 Å². The molecule has 21 heavy (non-hydrogen) atoms. The van der Waals surface area contributed by atoms with Gasteiger partial charge in [-0.15, -0.1) is 0 Å². The van der Waals surface area contributed by atoms with E-state index < -0.39 is 35.7 Å². The number of esters is 1. The van der Waals surface area contributed by atoms with Crippen molar-refractivity contribution in [3.8, 4) is 0 Å². The van der Waals surface area contributed by atoms with E-state index in [9.17, 15) is 14.7 Å². The van der Waals surface area contributed by atoms with E-state index in [0.717, 1.165) is 5.56 Å². The minimum absolute atomic E-state index is 0.430. The van der Waals surface area contributed by atoms with Gasteiger partial charge in [-0.2, -0.15) is 0 Å². The molecule has 6 heteroatoms. The monoisotopic (exact) mass is 291 g/mol. The summed E-state index contributed by atoms with van der Waals surface area (Å²) < 4.78 is 10.1. The normalized spacial score (nSPS) is 29.4. The fourth-order valence-corrected chi connectivity index (χ4v) is 3.24. The zero-order chi connectivity index (χ0) is 15.4. The lowest BCUT2D eigenvalue weighted by atomic mass is 9.67. The van der Waals surface area contributed by atoms with Crippen LogP contribution in [-0.2, 0) is 14.3 Å². The van der Waals surface area contributed by atoms with Crippen LogP contribution >= 0.6 is 0 Å². The molecule has 1 amide bonds. The maximum atomic E-state index is 12.2. The van der Waals surface area contributed by atoms with Gasteiger partial charge in [-0.05, 0) is 25.5 Å². The number of benzene rings is 1. The van der Waals surface area contributed by atoms with E-state index in [-0.39, 0.29) is 0 Å². The third kappa shape index (κ3) is 1.75. The highest BCUT2D eigenvalue weighted by Crippen LogP contribution is 2.51. The van der Waals surface area contributed by atoms with Crippen molar-refractivity contribution in [2.75, 3.05) is 12.0 Å². The lowest BCUT2D eigenvalue weighted by Crippen LogP contribution is -2.63. The van der Waals surface area contributed by atoms with Gasteiger partial charge in [0.25, 0.3) is 0 Å². The molecule has 2 bridgehead atoms. The average molecular weight is 291 g/mol. The average Bonchev–Trinajstić information content (AvgIpc) is 2.45. The Balaban J connectivity index is 2.23. The van der Waals surface area contributed by atoms with Crippen LogP contribution in [0.2, 0.25) is 0 Å². The Hall–Kier alpha value is -2.08. The van der Waals surface area contributed by atoms with Crippen molar-refractivity contribution in [3.63, 3.8) is 0 Å². The van der Waals surface area contributed by atoms with Crippen LogP contribution in [0, 0.1) is 5.41 Å². The molecule has 2 aliphatic rings. The molecule has 2 aliphatic heterocycles. The second-order valence-corrected chi connectivity index (χ2v) is 5.88. The summed E-state index contributed by atoms with van der Waals surface area (Å²) in [5.41, 5.74) is 0.479. The molecule has 1 unspecified atom stereocenters. The number of rotatable bonds is 0. The number of carbonyl (C=O) groups excluding carboxylic acids is 2. The molecular weight excluding hydrogens is 274 g/mol. The Kier molecular flexibility index (Phi) is 2.95.